The first kappa shape index (κ1) is 11.7. The number of rotatable bonds is 4. The van der Waals surface area contributed by atoms with Gasteiger partial charge in [0.25, 0.3) is 5.91 Å². The minimum atomic E-state index is -0.00495. The van der Waals surface area contributed by atoms with Gasteiger partial charge >= 0.3 is 0 Å². The van der Waals surface area contributed by atoms with Gasteiger partial charge in [0.1, 0.15) is 0 Å². The number of carbonyl (C=O) groups excluding carboxylic acids is 1. The third kappa shape index (κ3) is 3.10. The molecule has 2 aromatic rings. The predicted molar refractivity (Wildman–Crippen MR) is 67.0 cm³/mol. The van der Waals surface area contributed by atoms with E-state index in [1.54, 1.807) is 54.0 Å². The molecule has 0 atom stereocenters. The van der Waals surface area contributed by atoms with Gasteiger partial charge in [-0.15, -0.1) is 11.3 Å². The molecule has 2 aromatic heterocycles. The Morgan fingerprint density at radius 3 is 3.00 bits per heavy atom. The van der Waals surface area contributed by atoms with Gasteiger partial charge in [-0.05, 0) is 12.1 Å². The Morgan fingerprint density at radius 1 is 1.47 bits per heavy atom. The SMILES string of the molecule is CN(CCc1nccs1)C(=O)c1cccnc1. The zero-order chi connectivity index (χ0) is 12.1. The van der Waals surface area contributed by atoms with Crippen molar-refractivity contribution in [1.82, 2.24) is 14.9 Å². The number of hydrogen-bond donors (Lipinski definition) is 0. The molecule has 0 aliphatic rings. The van der Waals surface area contributed by atoms with Crippen LogP contribution in [0.1, 0.15) is 15.4 Å². The van der Waals surface area contributed by atoms with Crippen molar-refractivity contribution in [1.29, 1.82) is 0 Å². The molecular weight excluding hydrogens is 234 g/mol. The summed E-state index contributed by atoms with van der Waals surface area (Å²) in [6, 6.07) is 3.54. The van der Waals surface area contributed by atoms with E-state index in [2.05, 4.69) is 9.97 Å². The van der Waals surface area contributed by atoms with Crippen LogP contribution in [0.2, 0.25) is 0 Å². The number of thiazole rings is 1. The minimum absolute atomic E-state index is 0.00495. The van der Waals surface area contributed by atoms with Crippen molar-refractivity contribution in [3.63, 3.8) is 0 Å². The second-order valence-electron chi connectivity index (χ2n) is 3.64. The highest BCUT2D eigenvalue weighted by Crippen LogP contribution is 2.07. The molecule has 0 aliphatic carbocycles. The number of carbonyl (C=O) groups is 1. The zero-order valence-electron chi connectivity index (χ0n) is 9.54. The summed E-state index contributed by atoms with van der Waals surface area (Å²) in [4.78, 5) is 21.8. The molecule has 17 heavy (non-hydrogen) atoms. The van der Waals surface area contributed by atoms with Gasteiger partial charge in [0, 0.05) is 44.0 Å². The molecule has 0 spiro atoms. The fourth-order valence-electron chi connectivity index (χ4n) is 1.45. The van der Waals surface area contributed by atoms with Crippen LogP contribution in [-0.4, -0.2) is 34.4 Å². The summed E-state index contributed by atoms with van der Waals surface area (Å²) in [5.41, 5.74) is 0.620. The van der Waals surface area contributed by atoms with Crippen molar-refractivity contribution >= 4 is 17.2 Å². The Morgan fingerprint density at radius 2 is 2.35 bits per heavy atom. The molecule has 0 saturated heterocycles. The standard InChI is InChI=1S/C12H13N3OS/c1-15(7-4-11-14-6-8-17-11)12(16)10-3-2-5-13-9-10/h2-3,5-6,8-9H,4,7H2,1H3. The first-order chi connectivity index (χ1) is 8.27. The molecule has 5 heteroatoms. The second kappa shape index (κ2) is 5.54. The van der Waals surface area contributed by atoms with E-state index in [1.807, 2.05) is 5.38 Å². The first-order valence-electron chi connectivity index (χ1n) is 5.31. The maximum atomic E-state index is 12.0. The van der Waals surface area contributed by atoms with E-state index in [1.165, 1.54) is 0 Å². The lowest BCUT2D eigenvalue weighted by atomic mass is 10.2. The van der Waals surface area contributed by atoms with Crippen LogP contribution in [0, 0.1) is 0 Å². The van der Waals surface area contributed by atoms with Crippen LogP contribution in [0.15, 0.2) is 36.1 Å². The molecule has 0 saturated carbocycles. The maximum Gasteiger partial charge on any atom is 0.255 e. The van der Waals surface area contributed by atoms with Gasteiger partial charge in [0.2, 0.25) is 0 Å². The number of pyridine rings is 1. The molecule has 0 N–H and O–H groups in total. The fourth-order valence-corrected chi connectivity index (χ4v) is 2.06. The third-order valence-electron chi connectivity index (χ3n) is 2.40. The van der Waals surface area contributed by atoms with Crippen molar-refractivity contribution in [3.8, 4) is 0 Å². The molecule has 88 valence electrons. The largest absolute Gasteiger partial charge is 0.341 e. The van der Waals surface area contributed by atoms with Gasteiger partial charge in [0.05, 0.1) is 10.6 Å². The van der Waals surface area contributed by atoms with Gasteiger partial charge < -0.3 is 4.90 Å². The molecule has 0 bridgehead atoms. The van der Waals surface area contributed by atoms with Crippen molar-refractivity contribution in [2.24, 2.45) is 0 Å². The van der Waals surface area contributed by atoms with Gasteiger partial charge in [-0.25, -0.2) is 4.98 Å². The van der Waals surface area contributed by atoms with E-state index in [0.29, 0.717) is 12.1 Å². The average molecular weight is 247 g/mol. The molecule has 0 unspecified atom stereocenters. The average Bonchev–Trinajstić information content (AvgIpc) is 2.89. The normalized spacial score (nSPS) is 10.2. The summed E-state index contributed by atoms with van der Waals surface area (Å²) in [5, 5.41) is 2.99. The van der Waals surface area contributed by atoms with E-state index in [9.17, 15) is 4.79 Å². The highest BCUT2D eigenvalue weighted by molar-refractivity contribution is 7.09. The molecule has 2 heterocycles. The van der Waals surface area contributed by atoms with Crippen LogP contribution in [0.5, 0.6) is 0 Å². The maximum absolute atomic E-state index is 12.0. The Hall–Kier alpha value is -1.75. The molecule has 1 amide bonds. The molecular formula is C12H13N3OS. The van der Waals surface area contributed by atoms with E-state index < -0.39 is 0 Å². The van der Waals surface area contributed by atoms with E-state index in [-0.39, 0.29) is 5.91 Å². The Balaban J connectivity index is 1.92. The number of nitrogens with zero attached hydrogens (tertiary/aromatic N) is 3. The van der Waals surface area contributed by atoms with E-state index in [4.69, 9.17) is 0 Å². The molecule has 0 aromatic carbocycles. The molecule has 0 fully saturated rings. The fraction of sp³-hybridized carbons (Fsp3) is 0.250. The highest BCUT2D eigenvalue weighted by atomic mass is 32.1. The lowest BCUT2D eigenvalue weighted by Crippen LogP contribution is -2.28. The first-order valence-corrected chi connectivity index (χ1v) is 6.19. The number of aromatic nitrogens is 2. The topological polar surface area (TPSA) is 46.1 Å². The van der Waals surface area contributed by atoms with E-state index in [0.717, 1.165) is 11.4 Å². The molecule has 0 radical (unpaired) electrons. The van der Waals surface area contributed by atoms with Gasteiger partial charge in [-0.2, -0.15) is 0 Å². The van der Waals surface area contributed by atoms with E-state index >= 15 is 0 Å². The van der Waals surface area contributed by atoms with Crippen molar-refractivity contribution in [2.75, 3.05) is 13.6 Å². The third-order valence-corrected chi connectivity index (χ3v) is 3.24. The van der Waals surface area contributed by atoms with Gasteiger partial charge in [-0.3, -0.25) is 9.78 Å². The summed E-state index contributed by atoms with van der Waals surface area (Å²) in [6.07, 6.45) is 5.82. The van der Waals surface area contributed by atoms with Crippen LogP contribution in [0.3, 0.4) is 0 Å². The number of hydrogen-bond acceptors (Lipinski definition) is 4. The Kier molecular flexibility index (Phi) is 3.82. The predicted octanol–water partition coefficient (Wildman–Crippen LogP) is 1.85. The lowest BCUT2D eigenvalue weighted by Gasteiger charge is -2.16. The quantitative estimate of drug-likeness (QED) is 0.828. The zero-order valence-corrected chi connectivity index (χ0v) is 10.4. The minimum Gasteiger partial charge on any atom is -0.341 e. The Labute approximate surface area is 104 Å². The Bertz CT molecular complexity index is 470. The van der Waals surface area contributed by atoms with Crippen LogP contribution in [0.25, 0.3) is 0 Å². The van der Waals surface area contributed by atoms with Crippen molar-refractivity contribution < 1.29 is 4.79 Å². The summed E-state index contributed by atoms with van der Waals surface area (Å²) in [5.74, 6) is -0.00495. The van der Waals surface area contributed by atoms with Gasteiger partial charge in [0.15, 0.2) is 0 Å². The monoisotopic (exact) mass is 247 g/mol. The summed E-state index contributed by atoms with van der Waals surface area (Å²) in [6.45, 7) is 0.668. The highest BCUT2D eigenvalue weighted by Gasteiger charge is 2.11. The van der Waals surface area contributed by atoms with Gasteiger partial charge in [-0.1, -0.05) is 0 Å². The van der Waals surface area contributed by atoms with Crippen molar-refractivity contribution in [3.05, 3.63) is 46.7 Å². The van der Waals surface area contributed by atoms with Crippen molar-refractivity contribution in [2.45, 2.75) is 6.42 Å². The second-order valence-corrected chi connectivity index (χ2v) is 4.62. The van der Waals surface area contributed by atoms with Crippen LogP contribution in [0.4, 0.5) is 0 Å². The summed E-state index contributed by atoms with van der Waals surface area (Å²) < 4.78 is 0. The molecule has 2 rings (SSSR count). The van der Waals surface area contributed by atoms with Crippen LogP contribution >= 0.6 is 11.3 Å². The lowest BCUT2D eigenvalue weighted by molar-refractivity contribution is 0.0796. The molecule has 0 aliphatic heterocycles. The smallest absolute Gasteiger partial charge is 0.255 e. The summed E-state index contributed by atoms with van der Waals surface area (Å²) >= 11 is 1.61. The number of amides is 1. The van der Waals surface area contributed by atoms with Crippen LogP contribution in [-0.2, 0) is 6.42 Å². The van der Waals surface area contributed by atoms with Crippen LogP contribution < -0.4 is 0 Å². The summed E-state index contributed by atoms with van der Waals surface area (Å²) in [7, 11) is 1.79. The molecule has 4 nitrogen and oxygen atoms in total. The number of likely N-dealkylation sites (N-methyl/N-ethyl adjacent to an activating group) is 1.